The average molecular weight is 440 g/mol. The predicted octanol–water partition coefficient (Wildman–Crippen LogP) is 5.01. The molecule has 2 N–H and O–H groups in total. The zero-order valence-electron chi connectivity index (χ0n) is 17.7. The molecule has 1 saturated heterocycles. The molecule has 0 bridgehead atoms. The number of rotatable bonds is 5. The smallest absolute Gasteiger partial charge is 0.322 e. The fourth-order valence-corrected chi connectivity index (χ4v) is 4.06. The number of aryl methyl sites for hydroxylation is 2. The van der Waals surface area contributed by atoms with Crippen LogP contribution in [-0.4, -0.2) is 35.2 Å². The summed E-state index contributed by atoms with van der Waals surface area (Å²) in [6.07, 6.45) is 1.84. The standard InChI is InChI=1S/C24H26ClN3O3/c1-15-9-17-11-18(23(29)27-22(17)10-16(15)2)13-28(14-21-7-4-8-31-21)24(30)26-20-6-3-5-19(25)12-20/h3,5-6,9-12,21H,4,7-8,13-14H2,1-2H3,(H,26,30)(H,27,29). The molecule has 1 atom stereocenters. The van der Waals surface area contributed by atoms with Crippen LogP contribution in [0.3, 0.4) is 0 Å². The van der Waals surface area contributed by atoms with Crippen LogP contribution in [0.15, 0.2) is 47.3 Å². The first-order valence-electron chi connectivity index (χ1n) is 10.5. The maximum Gasteiger partial charge on any atom is 0.322 e. The lowest BCUT2D eigenvalue weighted by Crippen LogP contribution is -2.40. The van der Waals surface area contributed by atoms with Gasteiger partial charge in [0.25, 0.3) is 5.56 Å². The van der Waals surface area contributed by atoms with E-state index in [-0.39, 0.29) is 24.2 Å². The third-order valence-corrected chi connectivity index (χ3v) is 5.94. The number of carbonyl (C=O) groups excluding carboxylic acids is 1. The summed E-state index contributed by atoms with van der Waals surface area (Å²) >= 11 is 6.04. The maximum atomic E-state index is 13.1. The van der Waals surface area contributed by atoms with E-state index in [1.165, 1.54) is 0 Å². The van der Waals surface area contributed by atoms with E-state index < -0.39 is 0 Å². The molecule has 162 valence electrons. The molecule has 2 aromatic carbocycles. The van der Waals surface area contributed by atoms with E-state index in [1.807, 2.05) is 26.0 Å². The molecular formula is C24H26ClN3O3. The average Bonchev–Trinajstić information content (AvgIpc) is 3.23. The zero-order chi connectivity index (χ0) is 22.0. The quantitative estimate of drug-likeness (QED) is 0.586. The summed E-state index contributed by atoms with van der Waals surface area (Å²) in [7, 11) is 0. The Labute approximate surface area is 186 Å². The Balaban J connectivity index is 1.62. The van der Waals surface area contributed by atoms with E-state index in [9.17, 15) is 9.59 Å². The number of ether oxygens (including phenoxy) is 1. The number of nitrogens with one attached hydrogen (secondary N) is 2. The second-order valence-electron chi connectivity index (χ2n) is 8.10. The molecule has 1 unspecified atom stereocenters. The molecule has 6 nitrogen and oxygen atoms in total. The van der Waals surface area contributed by atoms with Crippen molar-refractivity contribution < 1.29 is 9.53 Å². The van der Waals surface area contributed by atoms with E-state index >= 15 is 0 Å². The molecule has 0 spiro atoms. The van der Waals surface area contributed by atoms with Gasteiger partial charge in [-0.3, -0.25) is 4.79 Å². The van der Waals surface area contributed by atoms with Crippen LogP contribution >= 0.6 is 11.6 Å². The fraction of sp³-hybridized carbons (Fsp3) is 0.333. The number of H-pyrrole nitrogens is 1. The number of urea groups is 1. The minimum Gasteiger partial charge on any atom is -0.376 e. The van der Waals surface area contributed by atoms with Crippen LogP contribution in [0.5, 0.6) is 0 Å². The maximum absolute atomic E-state index is 13.1. The SMILES string of the molecule is Cc1cc2cc(CN(CC3CCCO3)C(=O)Nc3cccc(Cl)c3)c(=O)[nH]c2cc1C. The van der Waals surface area contributed by atoms with Gasteiger partial charge < -0.3 is 19.9 Å². The number of carbonyl (C=O) groups is 1. The number of pyridine rings is 1. The largest absolute Gasteiger partial charge is 0.376 e. The molecule has 31 heavy (non-hydrogen) atoms. The van der Waals surface area contributed by atoms with Gasteiger partial charge in [-0.15, -0.1) is 0 Å². The molecule has 1 aromatic heterocycles. The topological polar surface area (TPSA) is 74.4 Å². The lowest BCUT2D eigenvalue weighted by atomic mass is 10.0. The minimum atomic E-state index is -0.294. The van der Waals surface area contributed by atoms with Gasteiger partial charge in [0.15, 0.2) is 0 Å². The third-order valence-electron chi connectivity index (χ3n) is 5.71. The van der Waals surface area contributed by atoms with Gasteiger partial charge in [0.1, 0.15) is 0 Å². The molecule has 2 amide bonds. The summed E-state index contributed by atoms with van der Waals surface area (Å²) in [6.45, 7) is 5.36. The van der Waals surface area contributed by atoms with Crippen LogP contribution in [0.4, 0.5) is 10.5 Å². The first-order chi connectivity index (χ1) is 14.9. The first kappa shape index (κ1) is 21.4. The molecule has 1 fully saturated rings. The Hall–Kier alpha value is -2.83. The number of hydrogen-bond donors (Lipinski definition) is 2. The number of aromatic amines is 1. The van der Waals surface area contributed by atoms with Crippen LogP contribution in [0.1, 0.15) is 29.5 Å². The van der Waals surface area contributed by atoms with Crippen LogP contribution < -0.4 is 10.9 Å². The van der Waals surface area contributed by atoms with E-state index in [4.69, 9.17) is 16.3 Å². The molecule has 1 aliphatic rings. The van der Waals surface area contributed by atoms with Gasteiger partial charge in [0.05, 0.1) is 12.6 Å². The number of amides is 2. The highest BCUT2D eigenvalue weighted by Crippen LogP contribution is 2.20. The Morgan fingerprint density at radius 3 is 2.77 bits per heavy atom. The number of hydrogen-bond acceptors (Lipinski definition) is 3. The molecule has 7 heteroatoms. The Kier molecular flexibility index (Phi) is 6.30. The van der Waals surface area contributed by atoms with Gasteiger partial charge in [-0.05, 0) is 79.6 Å². The highest BCUT2D eigenvalue weighted by atomic mass is 35.5. The summed E-state index contributed by atoms with van der Waals surface area (Å²) in [5.74, 6) is 0. The van der Waals surface area contributed by atoms with E-state index in [0.29, 0.717) is 29.4 Å². The summed E-state index contributed by atoms with van der Waals surface area (Å²) < 4.78 is 5.74. The monoisotopic (exact) mass is 439 g/mol. The highest BCUT2D eigenvalue weighted by molar-refractivity contribution is 6.30. The van der Waals surface area contributed by atoms with Crippen LogP contribution in [-0.2, 0) is 11.3 Å². The number of anilines is 1. The summed E-state index contributed by atoms with van der Waals surface area (Å²) in [6, 6.07) is 12.6. The highest BCUT2D eigenvalue weighted by Gasteiger charge is 2.24. The number of halogens is 1. The van der Waals surface area contributed by atoms with Crippen molar-refractivity contribution in [1.29, 1.82) is 0 Å². The fourth-order valence-electron chi connectivity index (χ4n) is 3.87. The van der Waals surface area contributed by atoms with Crippen molar-refractivity contribution in [3.63, 3.8) is 0 Å². The molecule has 3 aromatic rings. The number of aromatic nitrogens is 1. The lowest BCUT2D eigenvalue weighted by Gasteiger charge is -2.26. The van der Waals surface area contributed by atoms with E-state index in [1.54, 1.807) is 29.2 Å². The number of benzene rings is 2. The Bertz CT molecular complexity index is 1170. The van der Waals surface area contributed by atoms with Crippen molar-refractivity contribution >= 4 is 34.2 Å². The summed E-state index contributed by atoms with van der Waals surface area (Å²) in [5.41, 5.74) is 4.02. The minimum absolute atomic E-state index is 0.0328. The van der Waals surface area contributed by atoms with Gasteiger partial charge in [-0.25, -0.2) is 4.79 Å². The summed E-state index contributed by atoms with van der Waals surface area (Å²) in [5, 5.41) is 4.38. The molecule has 0 saturated carbocycles. The Morgan fingerprint density at radius 1 is 1.23 bits per heavy atom. The second-order valence-corrected chi connectivity index (χ2v) is 8.54. The predicted molar refractivity (Wildman–Crippen MR) is 124 cm³/mol. The van der Waals surface area contributed by atoms with E-state index in [2.05, 4.69) is 16.4 Å². The van der Waals surface area contributed by atoms with Gasteiger partial charge in [0, 0.05) is 34.9 Å². The van der Waals surface area contributed by atoms with Crippen LogP contribution in [0, 0.1) is 13.8 Å². The molecule has 2 heterocycles. The van der Waals surface area contributed by atoms with Crippen molar-refractivity contribution in [1.82, 2.24) is 9.88 Å². The second kappa shape index (κ2) is 9.12. The van der Waals surface area contributed by atoms with Crippen molar-refractivity contribution in [2.75, 3.05) is 18.5 Å². The van der Waals surface area contributed by atoms with Gasteiger partial charge in [-0.1, -0.05) is 17.7 Å². The molecule has 0 radical (unpaired) electrons. The van der Waals surface area contributed by atoms with Crippen LogP contribution in [0.2, 0.25) is 5.02 Å². The third kappa shape index (κ3) is 5.09. The normalized spacial score (nSPS) is 15.9. The lowest BCUT2D eigenvalue weighted by molar-refractivity contribution is 0.0818. The van der Waals surface area contributed by atoms with Crippen molar-refractivity contribution in [2.24, 2.45) is 0 Å². The van der Waals surface area contributed by atoms with Crippen molar-refractivity contribution in [2.45, 2.75) is 39.3 Å². The first-order valence-corrected chi connectivity index (χ1v) is 10.8. The van der Waals surface area contributed by atoms with Gasteiger partial charge in [-0.2, -0.15) is 0 Å². The van der Waals surface area contributed by atoms with E-state index in [0.717, 1.165) is 34.9 Å². The molecule has 0 aliphatic carbocycles. The van der Waals surface area contributed by atoms with Crippen LogP contribution in [0.25, 0.3) is 10.9 Å². The van der Waals surface area contributed by atoms with Crippen molar-refractivity contribution in [3.05, 3.63) is 74.5 Å². The molecule has 4 rings (SSSR count). The Morgan fingerprint density at radius 2 is 2.03 bits per heavy atom. The molecule has 1 aliphatic heterocycles. The number of fused-ring (bicyclic) bond motifs is 1. The van der Waals surface area contributed by atoms with Gasteiger partial charge in [0.2, 0.25) is 0 Å². The van der Waals surface area contributed by atoms with Gasteiger partial charge >= 0.3 is 6.03 Å². The molecular weight excluding hydrogens is 414 g/mol. The summed E-state index contributed by atoms with van der Waals surface area (Å²) in [4.78, 5) is 30.5. The zero-order valence-corrected chi connectivity index (χ0v) is 18.5. The van der Waals surface area contributed by atoms with Crippen molar-refractivity contribution in [3.8, 4) is 0 Å². The number of nitrogens with zero attached hydrogens (tertiary/aromatic N) is 1.